The number of aromatic hydroxyl groups is 1. The third-order valence-corrected chi connectivity index (χ3v) is 6.21. The van der Waals surface area contributed by atoms with Crippen molar-refractivity contribution in [3.63, 3.8) is 0 Å². The van der Waals surface area contributed by atoms with Crippen molar-refractivity contribution >= 4 is 33.1 Å². The molecule has 0 saturated carbocycles. The van der Waals surface area contributed by atoms with E-state index in [1.807, 2.05) is 0 Å². The van der Waals surface area contributed by atoms with Crippen LogP contribution in [0.3, 0.4) is 0 Å². The van der Waals surface area contributed by atoms with E-state index in [-0.39, 0.29) is 18.1 Å². The number of hydroxylamine groups is 1. The fraction of sp³-hybridized carbons (Fsp3) is 0.318. The average molecular weight is 457 g/mol. The maximum absolute atomic E-state index is 13.4. The summed E-state index contributed by atoms with van der Waals surface area (Å²) in [6, 6.07) is 7.94. The third-order valence-electron chi connectivity index (χ3n) is 6.21. The SMILES string of the molecule is O=C1c2cc3c(c4c2c(cc2ccc(O)cc24)N1O[C@H]1O[C@H](CO)[C@@H](O)[C@@H](O)[C@@H]1O)OCO3. The Hall–Kier alpha value is -3.19. The Bertz CT molecular complexity index is 1310. The summed E-state index contributed by atoms with van der Waals surface area (Å²) < 4.78 is 16.6. The molecule has 3 aliphatic rings. The maximum Gasteiger partial charge on any atom is 0.283 e. The van der Waals surface area contributed by atoms with Gasteiger partial charge >= 0.3 is 0 Å². The molecule has 0 aromatic heterocycles. The van der Waals surface area contributed by atoms with E-state index < -0.39 is 43.2 Å². The second-order valence-electron chi connectivity index (χ2n) is 8.11. The molecule has 33 heavy (non-hydrogen) atoms. The van der Waals surface area contributed by atoms with E-state index in [1.165, 1.54) is 12.1 Å². The first-order valence-corrected chi connectivity index (χ1v) is 10.2. The van der Waals surface area contributed by atoms with Crippen molar-refractivity contribution in [2.24, 2.45) is 0 Å². The highest BCUT2D eigenvalue weighted by Gasteiger charge is 2.47. The number of nitrogens with zero attached hydrogens (tertiary/aromatic N) is 1. The van der Waals surface area contributed by atoms with Crippen LogP contribution in [0.1, 0.15) is 10.4 Å². The normalized spacial score (nSPS) is 28.3. The number of rotatable bonds is 3. The molecule has 0 bridgehead atoms. The van der Waals surface area contributed by atoms with E-state index in [0.717, 1.165) is 5.06 Å². The molecular weight excluding hydrogens is 438 g/mol. The predicted octanol–water partition coefficient (Wildman–Crippen LogP) is 0.119. The van der Waals surface area contributed by atoms with E-state index >= 15 is 0 Å². The van der Waals surface area contributed by atoms with Crippen molar-refractivity contribution in [1.29, 1.82) is 0 Å². The van der Waals surface area contributed by atoms with E-state index in [1.54, 1.807) is 18.2 Å². The fourth-order valence-corrected chi connectivity index (χ4v) is 4.58. The molecule has 0 unspecified atom stereocenters. The molecule has 3 aromatic rings. The summed E-state index contributed by atoms with van der Waals surface area (Å²) in [6.07, 6.45) is -7.66. The molecule has 1 fully saturated rings. The monoisotopic (exact) mass is 457 g/mol. The van der Waals surface area contributed by atoms with Crippen LogP contribution in [0.5, 0.6) is 17.2 Å². The predicted molar refractivity (Wildman–Crippen MR) is 111 cm³/mol. The van der Waals surface area contributed by atoms with Crippen molar-refractivity contribution in [1.82, 2.24) is 0 Å². The highest BCUT2D eigenvalue weighted by atomic mass is 16.8. The summed E-state index contributed by atoms with van der Waals surface area (Å²) in [5, 5.41) is 53.2. The molecule has 3 aliphatic heterocycles. The van der Waals surface area contributed by atoms with Crippen LogP contribution < -0.4 is 14.5 Å². The summed E-state index contributed by atoms with van der Waals surface area (Å²) in [4.78, 5) is 19.1. The topological polar surface area (TPSA) is 158 Å². The molecule has 0 radical (unpaired) electrons. The number of phenols is 1. The van der Waals surface area contributed by atoms with Crippen molar-refractivity contribution in [2.45, 2.75) is 30.7 Å². The maximum atomic E-state index is 13.4. The number of aliphatic hydroxyl groups is 4. The van der Waals surface area contributed by atoms with Gasteiger partial charge in [0, 0.05) is 10.8 Å². The van der Waals surface area contributed by atoms with Crippen LogP contribution in [0.15, 0.2) is 30.3 Å². The molecule has 5 atom stereocenters. The molecule has 11 heteroatoms. The molecule has 1 saturated heterocycles. The van der Waals surface area contributed by atoms with Crippen molar-refractivity contribution in [3.05, 3.63) is 35.9 Å². The largest absolute Gasteiger partial charge is 0.508 e. The van der Waals surface area contributed by atoms with Gasteiger partial charge in [-0.2, -0.15) is 5.06 Å². The van der Waals surface area contributed by atoms with Crippen LogP contribution in [-0.2, 0) is 9.57 Å². The van der Waals surface area contributed by atoms with Gasteiger partial charge in [0.15, 0.2) is 11.5 Å². The third kappa shape index (κ3) is 2.81. The summed E-state index contributed by atoms with van der Waals surface area (Å²) in [5.74, 6) is 0.246. The van der Waals surface area contributed by atoms with Crippen LogP contribution >= 0.6 is 0 Å². The molecule has 5 N–H and O–H groups in total. The smallest absolute Gasteiger partial charge is 0.283 e. The Morgan fingerprint density at radius 2 is 1.85 bits per heavy atom. The zero-order valence-electron chi connectivity index (χ0n) is 16.9. The van der Waals surface area contributed by atoms with Gasteiger partial charge < -0.3 is 39.7 Å². The number of ether oxygens (including phenoxy) is 3. The van der Waals surface area contributed by atoms with Gasteiger partial charge in [-0.1, -0.05) is 6.07 Å². The molecule has 3 aromatic carbocycles. The highest BCUT2D eigenvalue weighted by molar-refractivity contribution is 6.30. The molecular formula is C22H19NO10. The number of fused-ring (bicyclic) bond motifs is 4. The van der Waals surface area contributed by atoms with Crippen molar-refractivity contribution < 1.29 is 49.4 Å². The van der Waals surface area contributed by atoms with Gasteiger partial charge in [0.05, 0.1) is 17.9 Å². The summed E-state index contributed by atoms with van der Waals surface area (Å²) >= 11 is 0. The van der Waals surface area contributed by atoms with Gasteiger partial charge in [0.1, 0.15) is 30.2 Å². The molecule has 1 amide bonds. The van der Waals surface area contributed by atoms with E-state index in [0.29, 0.717) is 38.7 Å². The standard InChI is InChI=1S/C22H19NO10/c24-6-14-17(26)18(27)19(28)22(32-14)33-23-12-3-8-1-2-9(25)4-10(8)16-15(12)11(21(23)29)5-13-20(16)31-7-30-13/h1-5,14,17-19,22,24-28H,6-7H2/t14-,17-,18-,19+,22-/m1/s1. The number of aliphatic hydroxyl groups excluding tert-OH is 4. The number of phenolic OH excluding ortho intramolecular Hbond substituents is 1. The van der Waals surface area contributed by atoms with E-state index in [9.17, 15) is 30.3 Å². The lowest BCUT2D eigenvalue weighted by atomic mass is 9.97. The minimum absolute atomic E-state index is 0.0162. The first kappa shape index (κ1) is 20.4. The number of carbonyl (C=O) groups excluding carboxylic acids is 1. The molecule has 6 rings (SSSR count). The number of hydrogen-bond donors (Lipinski definition) is 5. The van der Waals surface area contributed by atoms with Crippen molar-refractivity contribution in [3.8, 4) is 17.2 Å². The lowest BCUT2D eigenvalue weighted by molar-refractivity contribution is -0.301. The minimum Gasteiger partial charge on any atom is -0.508 e. The highest BCUT2D eigenvalue weighted by Crippen LogP contribution is 2.51. The fourth-order valence-electron chi connectivity index (χ4n) is 4.58. The minimum atomic E-state index is -1.69. The quantitative estimate of drug-likeness (QED) is 0.342. The molecule has 0 aliphatic carbocycles. The van der Waals surface area contributed by atoms with E-state index in [4.69, 9.17) is 19.0 Å². The van der Waals surface area contributed by atoms with Gasteiger partial charge in [-0.25, -0.2) is 4.84 Å². The van der Waals surface area contributed by atoms with Crippen LogP contribution in [0.2, 0.25) is 0 Å². The second kappa shape index (κ2) is 7.15. The number of hydrogen-bond acceptors (Lipinski definition) is 10. The van der Waals surface area contributed by atoms with Crippen LogP contribution in [-0.4, -0.2) is 75.5 Å². The summed E-state index contributed by atoms with van der Waals surface area (Å²) in [7, 11) is 0. The van der Waals surface area contributed by atoms with E-state index in [2.05, 4.69) is 0 Å². The van der Waals surface area contributed by atoms with Gasteiger partial charge in [-0.15, -0.1) is 0 Å². The molecule has 11 nitrogen and oxygen atoms in total. The molecule has 0 spiro atoms. The first-order valence-electron chi connectivity index (χ1n) is 10.2. The number of anilines is 1. The summed E-state index contributed by atoms with van der Waals surface area (Å²) in [6.45, 7) is -0.651. The van der Waals surface area contributed by atoms with Crippen LogP contribution in [0, 0.1) is 0 Å². The van der Waals surface area contributed by atoms with Crippen LogP contribution in [0.25, 0.3) is 21.5 Å². The number of carbonyl (C=O) groups is 1. The van der Waals surface area contributed by atoms with Gasteiger partial charge in [0.2, 0.25) is 13.1 Å². The summed E-state index contributed by atoms with van der Waals surface area (Å²) in [5.41, 5.74) is 0.581. The Balaban J connectivity index is 1.51. The van der Waals surface area contributed by atoms with Crippen LogP contribution in [0.4, 0.5) is 5.69 Å². The van der Waals surface area contributed by atoms with Gasteiger partial charge in [-0.3, -0.25) is 4.79 Å². The lowest BCUT2D eigenvalue weighted by Gasteiger charge is -2.40. The average Bonchev–Trinajstić information content (AvgIpc) is 3.38. The Morgan fingerprint density at radius 1 is 1.03 bits per heavy atom. The van der Waals surface area contributed by atoms with Gasteiger partial charge in [0.25, 0.3) is 5.91 Å². The Kier molecular flexibility index (Phi) is 4.43. The Labute approximate surface area is 185 Å². The molecule has 172 valence electrons. The first-order chi connectivity index (χ1) is 15.9. The van der Waals surface area contributed by atoms with Crippen molar-refractivity contribution in [2.75, 3.05) is 18.5 Å². The number of amides is 1. The second-order valence-corrected chi connectivity index (χ2v) is 8.11. The lowest BCUT2D eigenvalue weighted by Crippen LogP contribution is -2.60. The van der Waals surface area contributed by atoms with Gasteiger partial charge in [-0.05, 0) is 35.0 Å². The Morgan fingerprint density at radius 3 is 2.64 bits per heavy atom. The number of benzene rings is 3. The molecule has 3 heterocycles. The zero-order chi connectivity index (χ0) is 23.0. The zero-order valence-corrected chi connectivity index (χ0v) is 16.9.